The molecule has 0 N–H and O–H groups in total. The molecular formula is C22H42O4Si. The van der Waals surface area contributed by atoms with Gasteiger partial charge in [-0.05, 0) is 57.7 Å². The van der Waals surface area contributed by atoms with Gasteiger partial charge in [0.1, 0.15) is 5.78 Å². The molecule has 1 saturated carbocycles. The van der Waals surface area contributed by atoms with E-state index >= 15 is 0 Å². The summed E-state index contributed by atoms with van der Waals surface area (Å²) in [7, 11) is -1.80. The highest BCUT2D eigenvalue weighted by atomic mass is 28.4. The summed E-state index contributed by atoms with van der Waals surface area (Å²) in [6.07, 6.45) is 4.66. The Balaban J connectivity index is 2.07. The van der Waals surface area contributed by atoms with Crippen LogP contribution in [0.3, 0.4) is 0 Å². The van der Waals surface area contributed by atoms with E-state index in [1.807, 2.05) is 13.8 Å². The lowest BCUT2D eigenvalue weighted by Gasteiger charge is -2.51. The van der Waals surface area contributed by atoms with Gasteiger partial charge >= 0.3 is 0 Å². The van der Waals surface area contributed by atoms with E-state index < -0.39 is 19.5 Å². The maximum Gasteiger partial charge on any atom is 0.192 e. The van der Waals surface area contributed by atoms with E-state index in [1.54, 1.807) is 0 Å². The summed E-state index contributed by atoms with van der Waals surface area (Å²) in [5.74, 6) is -0.434. The maximum absolute atomic E-state index is 13.5. The van der Waals surface area contributed by atoms with E-state index in [9.17, 15) is 4.79 Å². The van der Waals surface area contributed by atoms with E-state index in [2.05, 4.69) is 47.7 Å². The van der Waals surface area contributed by atoms with Crippen molar-refractivity contribution in [3.8, 4) is 0 Å². The van der Waals surface area contributed by atoms with Crippen molar-refractivity contribution >= 4 is 14.1 Å². The minimum Gasteiger partial charge on any atom is -0.414 e. The van der Waals surface area contributed by atoms with Gasteiger partial charge in [0.15, 0.2) is 14.1 Å². The van der Waals surface area contributed by atoms with Gasteiger partial charge in [0.05, 0.1) is 18.6 Å². The second-order valence-electron chi connectivity index (χ2n) is 10.9. The van der Waals surface area contributed by atoms with Crippen molar-refractivity contribution in [2.45, 2.75) is 111 Å². The molecule has 1 saturated heterocycles. The predicted octanol–water partition coefficient (Wildman–Crippen LogP) is 5.71. The van der Waals surface area contributed by atoms with Crippen LogP contribution in [0.1, 0.15) is 80.6 Å². The number of hydrogen-bond donors (Lipinski definition) is 0. The lowest BCUT2D eigenvalue weighted by atomic mass is 9.58. The second-order valence-corrected chi connectivity index (χ2v) is 15.7. The highest BCUT2D eigenvalue weighted by Gasteiger charge is 2.61. The fraction of sp³-hybridized carbons (Fsp3) is 0.955. The molecule has 1 spiro atoms. The lowest BCUT2D eigenvalue weighted by molar-refractivity contribution is -0.247. The summed E-state index contributed by atoms with van der Waals surface area (Å²) in [4.78, 5) is 13.5. The summed E-state index contributed by atoms with van der Waals surface area (Å²) in [5.41, 5.74) is -0.938. The van der Waals surface area contributed by atoms with Crippen LogP contribution in [0.2, 0.25) is 18.1 Å². The van der Waals surface area contributed by atoms with Gasteiger partial charge in [-0.2, -0.15) is 0 Å². The third-order valence-corrected chi connectivity index (χ3v) is 12.1. The molecule has 158 valence electrons. The molecule has 0 amide bonds. The Hall–Kier alpha value is -0.233. The number of Topliss-reactive ketones (excluding diaryl/α,β-unsaturated/α-hetero) is 1. The first-order valence-electron chi connectivity index (χ1n) is 10.7. The zero-order valence-electron chi connectivity index (χ0n) is 19.2. The van der Waals surface area contributed by atoms with Crippen molar-refractivity contribution < 1.29 is 18.7 Å². The summed E-state index contributed by atoms with van der Waals surface area (Å²) in [5, 5.41) is 0.205. The molecule has 2 rings (SSSR count). The minimum absolute atomic E-state index is 0.205. The summed E-state index contributed by atoms with van der Waals surface area (Å²) < 4.78 is 18.5. The molecule has 27 heavy (non-hydrogen) atoms. The molecule has 0 radical (unpaired) electrons. The van der Waals surface area contributed by atoms with Crippen LogP contribution >= 0.6 is 0 Å². The smallest absolute Gasteiger partial charge is 0.192 e. The molecule has 1 aliphatic carbocycles. The van der Waals surface area contributed by atoms with Crippen molar-refractivity contribution in [3.63, 3.8) is 0 Å². The molecule has 5 heteroatoms. The Morgan fingerprint density at radius 2 is 1.67 bits per heavy atom. The third-order valence-electron chi connectivity index (χ3n) is 7.57. The van der Waals surface area contributed by atoms with E-state index in [0.717, 1.165) is 32.1 Å². The van der Waals surface area contributed by atoms with Crippen molar-refractivity contribution in [3.05, 3.63) is 0 Å². The zero-order chi connectivity index (χ0) is 20.7. The highest BCUT2D eigenvalue weighted by molar-refractivity contribution is 6.74. The topological polar surface area (TPSA) is 44.8 Å². The molecule has 1 aliphatic heterocycles. The molecule has 4 nitrogen and oxygen atoms in total. The van der Waals surface area contributed by atoms with Gasteiger partial charge in [0.2, 0.25) is 0 Å². The van der Waals surface area contributed by atoms with Crippen LogP contribution in [0, 0.1) is 10.8 Å². The fourth-order valence-corrected chi connectivity index (χ4v) is 5.88. The fourth-order valence-electron chi connectivity index (χ4n) is 4.41. The molecule has 2 atom stereocenters. The van der Waals surface area contributed by atoms with Crippen LogP contribution in [-0.2, 0) is 18.7 Å². The molecule has 2 fully saturated rings. The first-order valence-corrected chi connectivity index (χ1v) is 13.6. The van der Waals surface area contributed by atoms with E-state index in [0.29, 0.717) is 13.2 Å². The largest absolute Gasteiger partial charge is 0.414 e. The zero-order valence-corrected chi connectivity index (χ0v) is 20.2. The standard InChI is InChI=1S/C22H42O4Si/c1-10-17(26-27(8,9)19(2,3)4)11-12-21(7)13-14-22(24-15-16-25-22)20(5,6)18(21)23/h17H,10-16H2,1-9H3. The molecule has 0 aromatic carbocycles. The van der Waals surface area contributed by atoms with Gasteiger partial charge in [-0.15, -0.1) is 0 Å². The van der Waals surface area contributed by atoms with E-state index in [-0.39, 0.29) is 22.3 Å². The number of ether oxygens (including phenoxy) is 2. The minimum atomic E-state index is -1.80. The molecule has 0 aromatic rings. The molecule has 0 aromatic heterocycles. The van der Waals surface area contributed by atoms with Crippen LogP contribution < -0.4 is 0 Å². The van der Waals surface area contributed by atoms with Gasteiger partial charge in [-0.1, -0.05) is 34.6 Å². The number of hydrogen-bond acceptors (Lipinski definition) is 4. The quantitative estimate of drug-likeness (QED) is 0.538. The van der Waals surface area contributed by atoms with Crippen molar-refractivity contribution in [1.29, 1.82) is 0 Å². The third kappa shape index (κ3) is 4.21. The number of ketones is 1. The first kappa shape index (κ1) is 23.0. The molecule has 2 aliphatic rings. The van der Waals surface area contributed by atoms with E-state index in [1.165, 1.54) is 0 Å². The van der Waals surface area contributed by atoms with Crippen LogP contribution in [0.4, 0.5) is 0 Å². The second kappa shape index (κ2) is 7.55. The molecular weight excluding hydrogens is 356 g/mol. The summed E-state index contributed by atoms with van der Waals surface area (Å²) in [6, 6.07) is 0. The average Bonchev–Trinajstić information content (AvgIpc) is 3.04. The van der Waals surface area contributed by atoms with E-state index in [4.69, 9.17) is 13.9 Å². The molecule has 2 unspecified atom stereocenters. The lowest BCUT2D eigenvalue weighted by Crippen LogP contribution is -2.59. The summed E-state index contributed by atoms with van der Waals surface area (Å²) >= 11 is 0. The van der Waals surface area contributed by atoms with Gasteiger partial charge in [-0.3, -0.25) is 4.79 Å². The van der Waals surface area contributed by atoms with Gasteiger partial charge in [0, 0.05) is 17.9 Å². The summed E-state index contributed by atoms with van der Waals surface area (Å²) in [6.45, 7) is 21.0. The van der Waals surface area contributed by atoms with Gasteiger partial charge < -0.3 is 13.9 Å². The Morgan fingerprint density at radius 1 is 1.11 bits per heavy atom. The average molecular weight is 399 g/mol. The van der Waals surface area contributed by atoms with Crippen LogP contribution in [-0.4, -0.2) is 39.2 Å². The normalized spacial score (nSPS) is 29.3. The maximum atomic E-state index is 13.5. The number of carbonyl (C=O) groups excluding carboxylic acids is 1. The number of carbonyl (C=O) groups is 1. The predicted molar refractivity (Wildman–Crippen MR) is 112 cm³/mol. The monoisotopic (exact) mass is 398 g/mol. The Kier molecular flexibility index (Phi) is 6.44. The van der Waals surface area contributed by atoms with Gasteiger partial charge in [0.25, 0.3) is 0 Å². The van der Waals surface area contributed by atoms with Gasteiger partial charge in [-0.25, -0.2) is 0 Å². The number of rotatable bonds is 6. The Labute approximate surface area is 167 Å². The van der Waals surface area contributed by atoms with Crippen LogP contribution in [0.25, 0.3) is 0 Å². The SMILES string of the molecule is CCC(CCC1(C)CCC2(OCCO2)C(C)(C)C1=O)O[Si](C)(C)C(C)(C)C. The first-order chi connectivity index (χ1) is 12.2. The highest BCUT2D eigenvalue weighted by Crippen LogP contribution is 2.54. The van der Waals surface area contributed by atoms with Crippen LogP contribution in [0.15, 0.2) is 0 Å². The van der Waals surface area contributed by atoms with Crippen LogP contribution in [0.5, 0.6) is 0 Å². The molecule has 0 bridgehead atoms. The Morgan fingerprint density at radius 3 is 2.15 bits per heavy atom. The Bertz CT molecular complexity index is 543. The molecule has 1 heterocycles. The van der Waals surface area contributed by atoms with Crippen molar-refractivity contribution in [2.24, 2.45) is 10.8 Å². The van der Waals surface area contributed by atoms with Crippen molar-refractivity contribution in [2.75, 3.05) is 13.2 Å². The van der Waals surface area contributed by atoms with Crippen molar-refractivity contribution in [1.82, 2.24) is 0 Å².